The van der Waals surface area contributed by atoms with Crippen LogP contribution in [0, 0.1) is 5.82 Å². The molecule has 0 radical (unpaired) electrons. The van der Waals surface area contributed by atoms with Gasteiger partial charge in [-0.2, -0.15) is 0 Å². The Hall–Kier alpha value is -1.66. The molecule has 0 atom stereocenters. The first-order valence-electron chi connectivity index (χ1n) is 6.19. The maximum atomic E-state index is 13.5. The number of halogens is 1. The number of anilines is 1. The van der Waals surface area contributed by atoms with E-state index in [0.717, 1.165) is 19.2 Å². The molecule has 0 amide bonds. The second-order valence-corrected chi connectivity index (χ2v) is 4.33. The third-order valence-corrected chi connectivity index (χ3v) is 2.96. The summed E-state index contributed by atoms with van der Waals surface area (Å²) in [5.74, 6) is -1.32. The number of ether oxygens (including phenoxy) is 2. The van der Waals surface area contributed by atoms with Gasteiger partial charge in [0.1, 0.15) is 12.4 Å². The number of nitrogens with two attached hydrogens (primary N) is 1. The summed E-state index contributed by atoms with van der Waals surface area (Å²) in [6.45, 7) is 3.91. The highest BCUT2D eigenvalue weighted by molar-refractivity contribution is 5.90. The van der Waals surface area contributed by atoms with E-state index < -0.39 is 11.8 Å². The zero-order valence-electron chi connectivity index (χ0n) is 10.6. The summed E-state index contributed by atoms with van der Waals surface area (Å²) in [6, 6.07) is 3.92. The lowest BCUT2D eigenvalue weighted by molar-refractivity contribution is 0.0194. The molecule has 2 N–H and O–H groups in total. The van der Waals surface area contributed by atoms with E-state index in [1.807, 2.05) is 0 Å². The topological polar surface area (TPSA) is 64.8 Å². The van der Waals surface area contributed by atoms with Gasteiger partial charge in [0.2, 0.25) is 0 Å². The van der Waals surface area contributed by atoms with Crippen LogP contribution in [-0.2, 0) is 9.47 Å². The van der Waals surface area contributed by atoms with E-state index in [2.05, 4.69) is 4.90 Å². The molecule has 6 heteroatoms. The lowest BCUT2D eigenvalue weighted by atomic mass is 10.2. The minimum absolute atomic E-state index is 0.0869. The molecule has 0 unspecified atom stereocenters. The molecule has 0 bridgehead atoms. The van der Waals surface area contributed by atoms with Gasteiger partial charge in [0.15, 0.2) is 0 Å². The molecule has 0 saturated carbocycles. The Morgan fingerprint density at radius 3 is 2.84 bits per heavy atom. The molecule has 1 heterocycles. The Morgan fingerprint density at radius 1 is 1.42 bits per heavy atom. The summed E-state index contributed by atoms with van der Waals surface area (Å²) in [5, 5.41) is 0. The zero-order valence-corrected chi connectivity index (χ0v) is 10.6. The Bertz CT molecular complexity index is 448. The number of carbonyl (C=O) groups is 1. The number of nitrogens with zero attached hydrogens (tertiary/aromatic N) is 1. The van der Waals surface area contributed by atoms with Gasteiger partial charge in [0, 0.05) is 25.3 Å². The minimum atomic E-state index is -0.661. The molecule has 1 aromatic carbocycles. The maximum absolute atomic E-state index is 13.5. The number of benzene rings is 1. The van der Waals surface area contributed by atoms with Gasteiger partial charge >= 0.3 is 5.97 Å². The van der Waals surface area contributed by atoms with Gasteiger partial charge < -0.3 is 15.2 Å². The molecular formula is C13H17FN2O3. The molecule has 1 saturated heterocycles. The van der Waals surface area contributed by atoms with Gasteiger partial charge in [-0.3, -0.25) is 4.90 Å². The summed E-state index contributed by atoms with van der Waals surface area (Å²) in [4.78, 5) is 13.8. The number of carbonyl (C=O) groups excluding carboxylic acids is 1. The summed E-state index contributed by atoms with van der Waals surface area (Å²) < 4.78 is 23.7. The molecule has 0 aromatic heterocycles. The second-order valence-electron chi connectivity index (χ2n) is 4.33. The van der Waals surface area contributed by atoms with Crippen LogP contribution >= 0.6 is 0 Å². The molecule has 19 heavy (non-hydrogen) atoms. The van der Waals surface area contributed by atoms with Crippen LogP contribution in [0.5, 0.6) is 0 Å². The molecule has 104 valence electrons. The van der Waals surface area contributed by atoms with Gasteiger partial charge in [0.05, 0.1) is 18.8 Å². The number of nitrogen functional groups attached to an aromatic ring is 1. The van der Waals surface area contributed by atoms with Crippen molar-refractivity contribution in [3.05, 3.63) is 29.6 Å². The number of rotatable bonds is 4. The highest BCUT2D eigenvalue weighted by Gasteiger charge is 2.15. The van der Waals surface area contributed by atoms with Crippen LogP contribution in [0.1, 0.15) is 10.4 Å². The molecular weight excluding hydrogens is 251 g/mol. The highest BCUT2D eigenvalue weighted by atomic mass is 19.1. The molecule has 0 spiro atoms. The third-order valence-electron chi connectivity index (χ3n) is 2.96. The van der Waals surface area contributed by atoms with Gasteiger partial charge in [-0.1, -0.05) is 0 Å². The van der Waals surface area contributed by atoms with E-state index >= 15 is 0 Å². The zero-order chi connectivity index (χ0) is 13.7. The van der Waals surface area contributed by atoms with Gasteiger partial charge in [-0.25, -0.2) is 9.18 Å². The van der Waals surface area contributed by atoms with Gasteiger partial charge in [0.25, 0.3) is 0 Å². The average molecular weight is 268 g/mol. The van der Waals surface area contributed by atoms with Crippen molar-refractivity contribution in [1.29, 1.82) is 0 Å². The van der Waals surface area contributed by atoms with Crippen LogP contribution in [0.3, 0.4) is 0 Å². The van der Waals surface area contributed by atoms with Crippen LogP contribution in [-0.4, -0.2) is 50.3 Å². The summed E-state index contributed by atoms with van der Waals surface area (Å²) in [7, 11) is 0. The van der Waals surface area contributed by atoms with Crippen LogP contribution in [0.2, 0.25) is 0 Å². The fourth-order valence-electron chi connectivity index (χ4n) is 1.87. The summed E-state index contributed by atoms with van der Waals surface area (Å²) in [6.07, 6.45) is 0. The van der Waals surface area contributed by atoms with Crippen molar-refractivity contribution in [3.8, 4) is 0 Å². The number of esters is 1. The van der Waals surface area contributed by atoms with Crippen molar-refractivity contribution in [2.75, 3.05) is 45.2 Å². The van der Waals surface area contributed by atoms with Gasteiger partial charge in [-0.05, 0) is 18.2 Å². The quantitative estimate of drug-likeness (QED) is 0.649. The van der Waals surface area contributed by atoms with Crippen LogP contribution in [0.4, 0.5) is 10.1 Å². The Kier molecular flexibility index (Phi) is 4.70. The summed E-state index contributed by atoms with van der Waals surface area (Å²) >= 11 is 0. The molecule has 1 aliphatic heterocycles. The normalized spacial score (nSPS) is 16.3. The lowest BCUT2D eigenvalue weighted by Gasteiger charge is -2.26. The van der Waals surface area contributed by atoms with Crippen molar-refractivity contribution < 1.29 is 18.7 Å². The van der Waals surface area contributed by atoms with E-state index in [1.165, 1.54) is 12.1 Å². The van der Waals surface area contributed by atoms with E-state index in [4.69, 9.17) is 15.2 Å². The Morgan fingerprint density at radius 2 is 2.16 bits per heavy atom. The van der Waals surface area contributed by atoms with Crippen molar-refractivity contribution in [2.24, 2.45) is 0 Å². The molecule has 5 nitrogen and oxygen atoms in total. The van der Waals surface area contributed by atoms with E-state index in [1.54, 1.807) is 0 Å². The van der Waals surface area contributed by atoms with E-state index in [9.17, 15) is 9.18 Å². The monoisotopic (exact) mass is 268 g/mol. The van der Waals surface area contributed by atoms with Gasteiger partial charge in [-0.15, -0.1) is 0 Å². The predicted molar refractivity (Wildman–Crippen MR) is 68.4 cm³/mol. The van der Waals surface area contributed by atoms with Crippen molar-refractivity contribution in [1.82, 2.24) is 4.90 Å². The Balaban J connectivity index is 1.80. The average Bonchev–Trinajstić information content (AvgIpc) is 2.39. The predicted octanol–water partition coefficient (Wildman–Crippen LogP) is 0.897. The van der Waals surface area contributed by atoms with Crippen molar-refractivity contribution in [2.45, 2.75) is 0 Å². The Labute approximate surface area is 111 Å². The third kappa shape index (κ3) is 3.90. The highest BCUT2D eigenvalue weighted by Crippen LogP contribution is 2.12. The van der Waals surface area contributed by atoms with Crippen LogP contribution in [0.25, 0.3) is 0 Å². The fraction of sp³-hybridized carbons (Fsp3) is 0.462. The first kappa shape index (κ1) is 13.8. The largest absolute Gasteiger partial charge is 0.461 e. The van der Waals surface area contributed by atoms with E-state index in [-0.39, 0.29) is 17.9 Å². The summed E-state index contributed by atoms with van der Waals surface area (Å²) in [5.41, 5.74) is 5.61. The number of hydrogen-bond donors (Lipinski definition) is 1. The molecule has 1 aliphatic rings. The molecule has 2 rings (SSSR count). The standard InChI is InChI=1S/C13H17FN2O3/c14-12-9-10(15)1-2-11(12)13(17)19-8-5-16-3-6-18-7-4-16/h1-2,9H,3-8,15H2. The number of hydrogen-bond acceptors (Lipinski definition) is 5. The lowest BCUT2D eigenvalue weighted by Crippen LogP contribution is -2.38. The molecule has 0 aliphatic carbocycles. The first-order chi connectivity index (χ1) is 9.16. The number of morpholine rings is 1. The first-order valence-corrected chi connectivity index (χ1v) is 6.19. The minimum Gasteiger partial charge on any atom is -0.461 e. The van der Waals surface area contributed by atoms with E-state index in [0.29, 0.717) is 19.8 Å². The van der Waals surface area contributed by atoms with Crippen molar-refractivity contribution >= 4 is 11.7 Å². The SMILES string of the molecule is Nc1ccc(C(=O)OCCN2CCOCC2)c(F)c1. The fourth-order valence-corrected chi connectivity index (χ4v) is 1.87. The molecule has 1 aromatic rings. The van der Waals surface area contributed by atoms with Crippen molar-refractivity contribution in [3.63, 3.8) is 0 Å². The maximum Gasteiger partial charge on any atom is 0.341 e. The molecule has 1 fully saturated rings. The van der Waals surface area contributed by atoms with Crippen LogP contribution in [0.15, 0.2) is 18.2 Å². The van der Waals surface area contributed by atoms with Crippen LogP contribution < -0.4 is 5.73 Å². The smallest absolute Gasteiger partial charge is 0.341 e. The second kappa shape index (κ2) is 6.49.